The molecule has 21 heavy (non-hydrogen) atoms. The van der Waals surface area contributed by atoms with Crippen LogP contribution in [-0.4, -0.2) is 37.6 Å². The maximum atomic E-state index is 12.6. The van der Waals surface area contributed by atoms with Crippen LogP contribution in [0.1, 0.15) is 32.3 Å². The zero-order valence-electron chi connectivity index (χ0n) is 13.3. The van der Waals surface area contributed by atoms with E-state index in [1.807, 2.05) is 45.2 Å². The monoisotopic (exact) mass is 290 g/mol. The van der Waals surface area contributed by atoms with Crippen molar-refractivity contribution in [2.75, 3.05) is 32.5 Å². The molecule has 0 radical (unpaired) electrons. The van der Waals surface area contributed by atoms with E-state index in [0.717, 1.165) is 18.1 Å². The van der Waals surface area contributed by atoms with Crippen LogP contribution in [0.15, 0.2) is 24.3 Å². The lowest BCUT2D eigenvalue weighted by atomic mass is 9.83. The average molecular weight is 290 g/mol. The standard InChI is InChI=1S/C17H26N2O2/c1-17(2,14-6-8-15(18)9-7-14)16(20)19(3)10-11-21-12-13-4-5-13/h6-9,13H,4-5,10-12,18H2,1-3H3. The summed E-state index contributed by atoms with van der Waals surface area (Å²) >= 11 is 0. The number of carbonyl (C=O) groups is 1. The van der Waals surface area contributed by atoms with E-state index in [-0.39, 0.29) is 5.91 Å². The molecule has 0 aromatic heterocycles. The summed E-state index contributed by atoms with van der Waals surface area (Å²) in [6.07, 6.45) is 2.58. The summed E-state index contributed by atoms with van der Waals surface area (Å²) < 4.78 is 5.60. The number of benzene rings is 1. The molecule has 4 heteroatoms. The average Bonchev–Trinajstić information content (AvgIpc) is 3.27. The van der Waals surface area contributed by atoms with Crippen LogP contribution in [0.25, 0.3) is 0 Å². The first-order valence-electron chi connectivity index (χ1n) is 7.60. The molecule has 1 amide bonds. The summed E-state index contributed by atoms with van der Waals surface area (Å²) in [5.41, 5.74) is 6.84. The Morgan fingerprint density at radius 3 is 2.52 bits per heavy atom. The number of nitrogens with zero attached hydrogens (tertiary/aromatic N) is 1. The van der Waals surface area contributed by atoms with Gasteiger partial charge in [-0.2, -0.15) is 0 Å². The fourth-order valence-electron chi connectivity index (χ4n) is 2.34. The zero-order chi connectivity index (χ0) is 15.5. The van der Waals surface area contributed by atoms with Gasteiger partial charge in [0.25, 0.3) is 0 Å². The highest BCUT2D eigenvalue weighted by atomic mass is 16.5. The Kier molecular flexibility index (Phi) is 4.88. The van der Waals surface area contributed by atoms with Gasteiger partial charge in [-0.25, -0.2) is 0 Å². The van der Waals surface area contributed by atoms with Gasteiger partial charge in [-0.15, -0.1) is 0 Å². The molecule has 1 aliphatic carbocycles. The van der Waals surface area contributed by atoms with Crippen molar-refractivity contribution in [3.8, 4) is 0 Å². The zero-order valence-corrected chi connectivity index (χ0v) is 13.3. The number of rotatable bonds is 7. The summed E-state index contributed by atoms with van der Waals surface area (Å²) in [6.45, 7) is 5.97. The van der Waals surface area contributed by atoms with Crippen LogP contribution in [0, 0.1) is 5.92 Å². The van der Waals surface area contributed by atoms with Crippen molar-refractivity contribution < 1.29 is 9.53 Å². The second-order valence-electron chi connectivity index (χ2n) is 6.49. The molecule has 1 saturated carbocycles. The van der Waals surface area contributed by atoms with Crippen LogP contribution >= 0.6 is 0 Å². The van der Waals surface area contributed by atoms with Gasteiger partial charge >= 0.3 is 0 Å². The highest BCUT2D eigenvalue weighted by molar-refractivity contribution is 5.87. The minimum atomic E-state index is -0.557. The second-order valence-corrected chi connectivity index (χ2v) is 6.49. The van der Waals surface area contributed by atoms with Crippen molar-refractivity contribution in [2.45, 2.75) is 32.1 Å². The van der Waals surface area contributed by atoms with Crippen LogP contribution < -0.4 is 5.73 Å². The molecule has 0 saturated heterocycles. The van der Waals surface area contributed by atoms with E-state index in [4.69, 9.17) is 10.5 Å². The number of hydrogen-bond donors (Lipinski definition) is 1. The molecule has 1 aromatic rings. The van der Waals surface area contributed by atoms with Gasteiger partial charge in [0.05, 0.1) is 12.0 Å². The number of nitrogen functional groups attached to an aromatic ring is 1. The topological polar surface area (TPSA) is 55.6 Å². The molecule has 0 unspecified atom stereocenters. The predicted octanol–water partition coefficient (Wildman–Crippen LogP) is 2.43. The summed E-state index contributed by atoms with van der Waals surface area (Å²) in [5.74, 6) is 0.861. The Bertz CT molecular complexity index is 478. The van der Waals surface area contributed by atoms with E-state index in [1.165, 1.54) is 12.8 Å². The largest absolute Gasteiger partial charge is 0.399 e. The highest BCUT2D eigenvalue weighted by Crippen LogP contribution is 2.29. The number of anilines is 1. The molecule has 0 bridgehead atoms. The molecule has 2 N–H and O–H groups in total. The Labute approximate surface area is 127 Å². The summed E-state index contributed by atoms with van der Waals surface area (Å²) in [5, 5.41) is 0. The van der Waals surface area contributed by atoms with Gasteiger partial charge in [0, 0.05) is 25.9 Å². The fraction of sp³-hybridized carbons (Fsp3) is 0.588. The van der Waals surface area contributed by atoms with Gasteiger partial charge in [-0.05, 0) is 50.3 Å². The highest BCUT2D eigenvalue weighted by Gasteiger charge is 2.32. The number of likely N-dealkylation sites (N-methyl/N-ethyl adjacent to an activating group) is 1. The molecular formula is C17H26N2O2. The Morgan fingerprint density at radius 2 is 1.95 bits per heavy atom. The number of ether oxygens (including phenoxy) is 1. The van der Waals surface area contributed by atoms with Crippen molar-refractivity contribution in [2.24, 2.45) is 5.92 Å². The fourth-order valence-corrected chi connectivity index (χ4v) is 2.34. The summed E-state index contributed by atoms with van der Waals surface area (Å²) in [6, 6.07) is 7.52. The van der Waals surface area contributed by atoms with E-state index in [1.54, 1.807) is 4.90 Å². The molecule has 0 atom stereocenters. The molecule has 0 heterocycles. The van der Waals surface area contributed by atoms with E-state index < -0.39 is 5.41 Å². The smallest absolute Gasteiger partial charge is 0.232 e. The quantitative estimate of drug-likeness (QED) is 0.620. The lowest BCUT2D eigenvalue weighted by molar-refractivity contribution is -0.135. The van der Waals surface area contributed by atoms with Gasteiger partial charge in [-0.1, -0.05) is 12.1 Å². The minimum absolute atomic E-state index is 0.0993. The first-order chi connectivity index (χ1) is 9.91. The number of amides is 1. The van der Waals surface area contributed by atoms with E-state index in [2.05, 4.69) is 0 Å². The number of nitrogens with two attached hydrogens (primary N) is 1. The molecule has 1 aliphatic rings. The molecule has 1 aromatic carbocycles. The van der Waals surface area contributed by atoms with E-state index in [9.17, 15) is 4.79 Å². The summed E-state index contributed by atoms with van der Waals surface area (Å²) in [7, 11) is 1.84. The molecule has 0 aliphatic heterocycles. The van der Waals surface area contributed by atoms with Crippen LogP contribution in [0.4, 0.5) is 5.69 Å². The third kappa shape index (κ3) is 4.21. The molecule has 2 rings (SSSR count). The third-order valence-corrected chi connectivity index (χ3v) is 4.14. The predicted molar refractivity (Wildman–Crippen MR) is 85.1 cm³/mol. The van der Waals surface area contributed by atoms with Crippen molar-refractivity contribution in [1.29, 1.82) is 0 Å². The van der Waals surface area contributed by atoms with Crippen LogP contribution in [0.3, 0.4) is 0 Å². The molecule has 116 valence electrons. The van der Waals surface area contributed by atoms with Crippen LogP contribution in [0.5, 0.6) is 0 Å². The second kappa shape index (κ2) is 6.48. The van der Waals surface area contributed by atoms with Gasteiger partial charge in [0.2, 0.25) is 5.91 Å². The normalized spacial score (nSPS) is 15.0. The molecule has 1 fully saturated rings. The van der Waals surface area contributed by atoms with Gasteiger partial charge in [0.15, 0.2) is 0 Å². The number of hydrogen-bond acceptors (Lipinski definition) is 3. The molecular weight excluding hydrogens is 264 g/mol. The minimum Gasteiger partial charge on any atom is -0.399 e. The Hall–Kier alpha value is -1.55. The first-order valence-corrected chi connectivity index (χ1v) is 7.60. The third-order valence-electron chi connectivity index (χ3n) is 4.14. The van der Waals surface area contributed by atoms with Gasteiger partial charge < -0.3 is 15.4 Å². The van der Waals surface area contributed by atoms with Crippen molar-refractivity contribution in [3.05, 3.63) is 29.8 Å². The first kappa shape index (κ1) is 15.8. The Balaban J connectivity index is 1.87. The summed E-state index contributed by atoms with van der Waals surface area (Å²) in [4.78, 5) is 14.4. The van der Waals surface area contributed by atoms with Crippen LogP contribution in [-0.2, 0) is 14.9 Å². The Morgan fingerprint density at radius 1 is 1.33 bits per heavy atom. The lowest BCUT2D eigenvalue weighted by Crippen LogP contribution is -2.42. The lowest BCUT2D eigenvalue weighted by Gasteiger charge is -2.30. The maximum absolute atomic E-state index is 12.6. The van der Waals surface area contributed by atoms with E-state index >= 15 is 0 Å². The van der Waals surface area contributed by atoms with E-state index in [0.29, 0.717) is 18.8 Å². The van der Waals surface area contributed by atoms with Gasteiger partial charge in [-0.3, -0.25) is 4.79 Å². The van der Waals surface area contributed by atoms with Crippen molar-refractivity contribution in [1.82, 2.24) is 4.90 Å². The number of carbonyl (C=O) groups excluding carboxylic acids is 1. The SMILES string of the molecule is CN(CCOCC1CC1)C(=O)C(C)(C)c1ccc(N)cc1. The van der Waals surface area contributed by atoms with Gasteiger partial charge in [0.1, 0.15) is 0 Å². The molecule has 0 spiro atoms. The maximum Gasteiger partial charge on any atom is 0.232 e. The van der Waals surface area contributed by atoms with Crippen LogP contribution in [0.2, 0.25) is 0 Å². The van der Waals surface area contributed by atoms with Crippen molar-refractivity contribution >= 4 is 11.6 Å². The van der Waals surface area contributed by atoms with Crippen molar-refractivity contribution in [3.63, 3.8) is 0 Å². The molecule has 4 nitrogen and oxygen atoms in total.